The van der Waals surface area contributed by atoms with E-state index in [9.17, 15) is 4.39 Å². The lowest BCUT2D eigenvalue weighted by Crippen LogP contribution is -1.92. The number of halogens is 1. The topological polar surface area (TPSA) is 46.0 Å². The minimum Gasteiger partial charge on any atom is -0.387 e. The van der Waals surface area contributed by atoms with Gasteiger partial charge in [-0.05, 0) is 38.1 Å². The summed E-state index contributed by atoms with van der Waals surface area (Å²) < 4.78 is 12.4. The number of alkyl halides is 1. The molecular formula is C14H17FN2O. The van der Waals surface area contributed by atoms with Crippen molar-refractivity contribution in [2.24, 2.45) is 0 Å². The number of nitrogens with zero attached hydrogens (tertiary/aromatic N) is 2. The van der Waals surface area contributed by atoms with E-state index in [4.69, 9.17) is 5.11 Å². The van der Waals surface area contributed by atoms with Crippen molar-refractivity contribution in [1.29, 1.82) is 0 Å². The first-order valence-corrected chi connectivity index (χ1v) is 5.75. The predicted molar refractivity (Wildman–Crippen MR) is 68.6 cm³/mol. The van der Waals surface area contributed by atoms with Crippen LogP contribution in [0.15, 0.2) is 48.8 Å². The van der Waals surface area contributed by atoms with Crippen LogP contribution in [-0.2, 0) is 0 Å². The van der Waals surface area contributed by atoms with Crippen molar-refractivity contribution < 1.29 is 9.50 Å². The summed E-state index contributed by atoms with van der Waals surface area (Å²) >= 11 is 0. The summed E-state index contributed by atoms with van der Waals surface area (Å²) in [5, 5.41) is 8.96. The fourth-order valence-corrected chi connectivity index (χ4v) is 1.23. The molecule has 2 unspecified atom stereocenters. The summed E-state index contributed by atoms with van der Waals surface area (Å²) in [6.45, 7) is 3.17. The molecule has 18 heavy (non-hydrogen) atoms. The molecular weight excluding hydrogens is 231 g/mol. The molecule has 3 nitrogen and oxygen atoms in total. The maximum Gasteiger partial charge on any atom is 0.139 e. The average Bonchev–Trinajstić information content (AvgIpc) is 2.41. The number of rotatable bonds is 2. The Morgan fingerprint density at radius 2 is 1.44 bits per heavy atom. The predicted octanol–water partition coefficient (Wildman–Crippen LogP) is 3.25. The molecule has 2 heterocycles. The maximum atomic E-state index is 12.4. The summed E-state index contributed by atoms with van der Waals surface area (Å²) in [7, 11) is 0. The van der Waals surface area contributed by atoms with Gasteiger partial charge in [0.2, 0.25) is 0 Å². The van der Waals surface area contributed by atoms with Gasteiger partial charge in [-0.1, -0.05) is 12.1 Å². The number of aliphatic hydroxyl groups excluding tert-OH is 1. The first-order chi connectivity index (χ1) is 8.61. The molecule has 4 heteroatoms. The number of pyridine rings is 2. The molecule has 0 fully saturated rings. The van der Waals surface area contributed by atoms with Crippen LogP contribution < -0.4 is 0 Å². The summed E-state index contributed by atoms with van der Waals surface area (Å²) in [6, 6.07) is 10.7. The lowest BCUT2D eigenvalue weighted by Gasteiger charge is -1.99. The van der Waals surface area contributed by atoms with Crippen LogP contribution in [0.3, 0.4) is 0 Å². The Morgan fingerprint density at radius 3 is 1.67 bits per heavy atom. The zero-order chi connectivity index (χ0) is 13.4. The first kappa shape index (κ1) is 14.3. The molecule has 0 aliphatic rings. The molecule has 0 amide bonds. The zero-order valence-corrected chi connectivity index (χ0v) is 10.5. The number of aromatic nitrogens is 2. The third-order valence-corrected chi connectivity index (χ3v) is 2.21. The van der Waals surface area contributed by atoms with Crippen molar-refractivity contribution in [3.05, 3.63) is 60.2 Å². The highest BCUT2D eigenvalue weighted by Gasteiger charge is 2.00. The van der Waals surface area contributed by atoms with E-state index in [2.05, 4.69) is 9.97 Å². The van der Waals surface area contributed by atoms with Crippen LogP contribution >= 0.6 is 0 Å². The Morgan fingerprint density at radius 1 is 0.944 bits per heavy atom. The van der Waals surface area contributed by atoms with Gasteiger partial charge in [0, 0.05) is 12.4 Å². The Hall–Kier alpha value is -1.81. The second-order valence-corrected chi connectivity index (χ2v) is 3.80. The highest BCUT2D eigenvalue weighted by Crippen LogP contribution is 2.11. The lowest BCUT2D eigenvalue weighted by molar-refractivity contribution is 0.194. The summed E-state index contributed by atoms with van der Waals surface area (Å²) in [5.74, 6) is 0. The van der Waals surface area contributed by atoms with Gasteiger partial charge in [-0.2, -0.15) is 0 Å². The minimum atomic E-state index is -0.953. The molecule has 1 N–H and O–H groups in total. The van der Waals surface area contributed by atoms with Crippen LogP contribution in [0.25, 0.3) is 0 Å². The SMILES string of the molecule is CC(F)c1ccccn1.CC(O)c1ccccn1. The standard InChI is InChI=1S/C7H8FN.C7H9NO/c1-6(8)7-4-2-3-5-9-7;1-6(9)7-4-2-3-5-8-7/h2-6H,1H3;2-6,9H,1H3. The molecule has 0 radical (unpaired) electrons. The van der Waals surface area contributed by atoms with Gasteiger partial charge in [-0.3, -0.25) is 9.97 Å². The Balaban J connectivity index is 0.000000180. The molecule has 0 aliphatic heterocycles. The quantitative estimate of drug-likeness (QED) is 0.887. The van der Waals surface area contributed by atoms with Crippen molar-refractivity contribution in [2.45, 2.75) is 26.1 Å². The summed E-state index contributed by atoms with van der Waals surface area (Å²) in [6.07, 6.45) is 1.85. The number of aliphatic hydroxyl groups is 1. The second kappa shape index (κ2) is 7.50. The number of hydrogen-bond acceptors (Lipinski definition) is 3. The van der Waals surface area contributed by atoms with Crippen LogP contribution in [0.1, 0.15) is 37.5 Å². The average molecular weight is 248 g/mol. The molecule has 2 atom stereocenters. The number of hydrogen-bond donors (Lipinski definition) is 1. The van der Waals surface area contributed by atoms with Gasteiger partial charge in [-0.15, -0.1) is 0 Å². The van der Waals surface area contributed by atoms with Crippen LogP contribution in [0, 0.1) is 0 Å². The summed E-state index contributed by atoms with van der Waals surface area (Å²) in [4.78, 5) is 7.73. The summed E-state index contributed by atoms with van der Waals surface area (Å²) in [5.41, 5.74) is 1.22. The van der Waals surface area contributed by atoms with E-state index in [0.717, 1.165) is 5.69 Å². The largest absolute Gasteiger partial charge is 0.387 e. The van der Waals surface area contributed by atoms with Crippen LogP contribution in [0.4, 0.5) is 4.39 Å². The van der Waals surface area contributed by atoms with Crippen molar-refractivity contribution >= 4 is 0 Å². The fourth-order valence-electron chi connectivity index (χ4n) is 1.23. The van der Waals surface area contributed by atoms with E-state index in [1.165, 1.54) is 6.92 Å². The van der Waals surface area contributed by atoms with E-state index in [1.807, 2.05) is 12.1 Å². The van der Waals surface area contributed by atoms with Crippen molar-refractivity contribution in [3.8, 4) is 0 Å². The van der Waals surface area contributed by atoms with Crippen molar-refractivity contribution in [3.63, 3.8) is 0 Å². The molecule has 0 aromatic carbocycles. The Kier molecular flexibility index (Phi) is 5.94. The monoisotopic (exact) mass is 248 g/mol. The molecule has 0 bridgehead atoms. The highest BCUT2D eigenvalue weighted by molar-refractivity contribution is 5.05. The minimum absolute atomic E-state index is 0.453. The molecule has 0 saturated heterocycles. The highest BCUT2D eigenvalue weighted by atomic mass is 19.1. The third kappa shape index (κ3) is 5.01. The molecule has 0 aliphatic carbocycles. The van der Waals surface area contributed by atoms with E-state index in [1.54, 1.807) is 43.6 Å². The van der Waals surface area contributed by atoms with Crippen molar-refractivity contribution in [1.82, 2.24) is 9.97 Å². The Bertz CT molecular complexity index is 389. The third-order valence-electron chi connectivity index (χ3n) is 2.21. The van der Waals surface area contributed by atoms with Crippen LogP contribution in [0.2, 0.25) is 0 Å². The van der Waals surface area contributed by atoms with Crippen molar-refractivity contribution in [2.75, 3.05) is 0 Å². The van der Waals surface area contributed by atoms with Gasteiger partial charge in [0.15, 0.2) is 0 Å². The maximum absolute atomic E-state index is 12.4. The van der Waals surface area contributed by atoms with Gasteiger partial charge in [-0.25, -0.2) is 4.39 Å². The van der Waals surface area contributed by atoms with Gasteiger partial charge >= 0.3 is 0 Å². The normalized spacial score (nSPS) is 13.1. The second-order valence-electron chi connectivity index (χ2n) is 3.80. The molecule has 2 aromatic heterocycles. The van der Waals surface area contributed by atoms with Gasteiger partial charge in [0.05, 0.1) is 17.5 Å². The zero-order valence-electron chi connectivity index (χ0n) is 10.5. The lowest BCUT2D eigenvalue weighted by atomic mass is 10.2. The van der Waals surface area contributed by atoms with Gasteiger partial charge < -0.3 is 5.11 Å². The van der Waals surface area contributed by atoms with E-state index < -0.39 is 12.3 Å². The van der Waals surface area contributed by atoms with Crippen LogP contribution in [0.5, 0.6) is 0 Å². The molecule has 0 saturated carbocycles. The van der Waals surface area contributed by atoms with Gasteiger partial charge in [0.1, 0.15) is 6.17 Å². The first-order valence-electron chi connectivity index (χ1n) is 5.75. The Labute approximate surface area is 106 Å². The van der Waals surface area contributed by atoms with Crippen LogP contribution in [-0.4, -0.2) is 15.1 Å². The van der Waals surface area contributed by atoms with E-state index in [-0.39, 0.29) is 0 Å². The van der Waals surface area contributed by atoms with E-state index >= 15 is 0 Å². The fraction of sp³-hybridized carbons (Fsp3) is 0.286. The molecule has 96 valence electrons. The van der Waals surface area contributed by atoms with Gasteiger partial charge in [0.25, 0.3) is 0 Å². The van der Waals surface area contributed by atoms with E-state index in [0.29, 0.717) is 5.69 Å². The molecule has 2 aromatic rings. The molecule has 0 spiro atoms. The smallest absolute Gasteiger partial charge is 0.139 e. The molecule has 2 rings (SSSR count).